The molecular weight excluding hydrogens is 424 g/mol. The number of hydrogen-bond donors (Lipinski definition) is 1. The van der Waals surface area contributed by atoms with Crippen molar-refractivity contribution < 1.29 is 5.11 Å². The fourth-order valence-corrected chi connectivity index (χ4v) is 11.7. The van der Waals surface area contributed by atoms with Crippen LogP contribution >= 0.6 is 0 Å². The highest BCUT2D eigenvalue weighted by Gasteiger charge is 2.58. The Morgan fingerprint density at radius 3 is 1.17 bits per heavy atom. The molecule has 1 aromatic carbocycles. The lowest BCUT2D eigenvalue weighted by atomic mass is 9.43. The van der Waals surface area contributed by atoms with E-state index in [-0.39, 0.29) is 16.2 Å². The van der Waals surface area contributed by atoms with E-state index in [0.29, 0.717) is 5.41 Å². The molecule has 0 aromatic heterocycles. The normalized spacial score (nSPS) is 43.8. The molecule has 0 heterocycles. The molecule has 8 bridgehead atoms. The number of aromatic hydroxyl groups is 1. The van der Waals surface area contributed by atoms with Crippen molar-refractivity contribution in [2.75, 3.05) is 0 Å². The van der Waals surface area contributed by atoms with Crippen molar-refractivity contribution in [1.82, 2.24) is 0 Å². The number of benzene rings is 1. The Bertz CT molecular complexity index is 973. The third kappa shape index (κ3) is 3.38. The van der Waals surface area contributed by atoms with Crippen LogP contribution in [0.2, 0.25) is 0 Å². The summed E-state index contributed by atoms with van der Waals surface area (Å²) in [4.78, 5) is 0. The van der Waals surface area contributed by atoms with Gasteiger partial charge in [-0.3, -0.25) is 0 Å². The van der Waals surface area contributed by atoms with Gasteiger partial charge in [0.2, 0.25) is 0 Å². The molecule has 9 rings (SSSR count). The van der Waals surface area contributed by atoms with Crippen molar-refractivity contribution in [1.29, 1.82) is 0 Å². The average molecular weight is 475 g/mol. The zero-order chi connectivity index (χ0) is 24.5. The first-order chi connectivity index (χ1) is 16.4. The predicted molar refractivity (Wildman–Crippen MR) is 145 cm³/mol. The van der Waals surface area contributed by atoms with E-state index in [1.165, 1.54) is 88.2 Å². The van der Waals surface area contributed by atoms with Gasteiger partial charge in [-0.1, -0.05) is 47.6 Å². The third-order valence-electron chi connectivity index (χ3n) is 12.1. The molecule has 1 aromatic rings. The van der Waals surface area contributed by atoms with E-state index in [0.717, 1.165) is 41.3 Å². The van der Waals surface area contributed by atoms with Crippen molar-refractivity contribution in [3.05, 3.63) is 28.3 Å². The molecule has 0 spiro atoms. The molecule has 8 saturated carbocycles. The first-order valence-electron chi connectivity index (χ1n) is 15.3. The van der Waals surface area contributed by atoms with Gasteiger partial charge in [-0.2, -0.15) is 0 Å². The third-order valence-corrected chi connectivity index (χ3v) is 12.1. The van der Waals surface area contributed by atoms with Crippen molar-refractivity contribution >= 4 is 0 Å². The molecule has 1 heteroatoms. The molecule has 1 N–H and O–H groups in total. The van der Waals surface area contributed by atoms with Gasteiger partial charge in [-0.15, -0.1) is 0 Å². The standard InChI is InChI=1S/C34H50O/c1-31(2,3)26-13-27(32(4,5)6)30(35)29(34-17-23-10-24(18-34)12-25(11-23)19-34)28(26)33-14-20-7-21(15-33)9-22(8-20)16-33/h13,20-25,35H,7-12,14-19H2,1-6H3. The maximum atomic E-state index is 12.5. The van der Waals surface area contributed by atoms with Crippen LogP contribution in [0.15, 0.2) is 6.07 Å². The van der Waals surface area contributed by atoms with Gasteiger partial charge in [-0.05, 0) is 145 Å². The highest BCUT2D eigenvalue weighted by atomic mass is 16.3. The molecular formula is C34H50O. The van der Waals surface area contributed by atoms with Crippen LogP contribution in [-0.4, -0.2) is 5.11 Å². The van der Waals surface area contributed by atoms with Gasteiger partial charge >= 0.3 is 0 Å². The zero-order valence-electron chi connectivity index (χ0n) is 23.5. The molecule has 0 saturated heterocycles. The van der Waals surface area contributed by atoms with Crippen molar-refractivity contribution in [3.63, 3.8) is 0 Å². The Hall–Kier alpha value is -0.980. The molecule has 8 aliphatic rings. The molecule has 1 nitrogen and oxygen atoms in total. The van der Waals surface area contributed by atoms with Crippen LogP contribution in [0.5, 0.6) is 5.75 Å². The fourth-order valence-electron chi connectivity index (χ4n) is 11.7. The molecule has 0 atom stereocenters. The molecule has 0 aliphatic heterocycles. The lowest BCUT2D eigenvalue weighted by molar-refractivity contribution is -0.0189. The fraction of sp³-hybridized carbons (Fsp3) is 0.824. The van der Waals surface area contributed by atoms with Gasteiger partial charge in [-0.25, -0.2) is 0 Å². The minimum atomic E-state index is -0.0405. The highest BCUT2D eigenvalue weighted by Crippen LogP contribution is 2.68. The highest BCUT2D eigenvalue weighted by molar-refractivity contribution is 5.61. The SMILES string of the molecule is CC(C)(C)c1cc(C(C)(C)C)c(C23CC4CC(CC(C4)C2)C3)c(C23CC4CC(CC(C4)C2)C3)c1O. The molecule has 0 radical (unpaired) electrons. The Morgan fingerprint density at radius 2 is 0.857 bits per heavy atom. The second-order valence-corrected chi connectivity index (χ2v) is 17.0. The molecule has 192 valence electrons. The van der Waals surface area contributed by atoms with E-state index in [4.69, 9.17) is 0 Å². The Labute approximate surface area is 214 Å². The summed E-state index contributed by atoms with van der Waals surface area (Å²) in [6.07, 6.45) is 17.1. The minimum Gasteiger partial charge on any atom is -0.507 e. The number of phenolic OH excluding ortho intramolecular Hbond substituents is 1. The van der Waals surface area contributed by atoms with Crippen LogP contribution < -0.4 is 0 Å². The van der Waals surface area contributed by atoms with Crippen LogP contribution in [0.1, 0.15) is 141 Å². The van der Waals surface area contributed by atoms with Crippen molar-refractivity contribution in [2.45, 2.75) is 140 Å². The quantitative estimate of drug-likeness (QED) is 0.453. The summed E-state index contributed by atoms with van der Waals surface area (Å²) in [6, 6.07) is 2.51. The van der Waals surface area contributed by atoms with Crippen LogP contribution in [0.3, 0.4) is 0 Å². The maximum Gasteiger partial charge on any atom is 0.123 e. The molecule has 8 fully saturated rings. The van der Waals surface area contributed by atoms with E-state index in [1.807, 2.05) is 0 Å². The lowest BCUT2D eigenvalue weighted by Gasteiger charge is -2.61. The summed E-state index contributed by atoms with van der Waals surface area (Å²) >= 11 is 0. The van der Waals surface area contributed by atoms with Crippen molar-refractivity contribution in [3.8, 4) is 5.75 Å². The summed E-state index contributed by atoms with van der Waals surface area (Å²) in [6.45, 7) is 14.3. The predicted octanol–water partition coefficient (Wildman–Crippen LogP) is 8.92. The van der Waals surface area contributed by atoms with Gasteiger partial charge in [0.05, 0.1) is 0 Å². The van der Waals surface area contributed by atoms with Gasteiger partial charge in [0.1, 0.15) is 5.75 Å². The van der Waals surface area contributed by atoms with Crippen LogP contribution in [0.25, 0.3) is 0 Å². The van der Waals surface area contributed by atoms with E-state index >= 15 is 0 Å². The van der Waals surface area contributed by atoms with Gasteiger partial charge in [0.15, 0.2) is 0 Å². The average Bonchev–Trinajstić information content (AvgIpc) is 2.69. The first-order valence-corrected chi connectivity index (χ1v) is 15.3. The monoisotopic (exact) mass is 474 g/mol. The molecule has 0 amide bonds. The molecule has 35 heavy (non-hydrogen) atoms. The number of rotatable bonds is 2. The lowest BCUT2D eigenvalue weighted by Crippen LogP contribution is -2.53. The molecule has 8 aliphatic carbocycles. The zero-order valence-corrected chi connectivity index (χ0v) is 23.5. The van der Waals surface area contributed by atoms with E-state index in [2.05, 4.69) is 47.6 Å². The van der Waals surface area contributed by atoms with Gasteiger partial charge < -0.3 is 5.11 Å². The first kappa shape index (κ1) is 23.2. The largest absolute Gasteiger partial charge is 0.507 e. The van der Waals surface area contributed by atoms with Crippen LogP contribution in [0, 0.1) is 35.5 Å². The Kier molecular flexibility index (Phi) is 4.70. The minimum absolute atomic E-state index is 0.0405. The van der Waals surface area contributed by atoms with Crippen molar-refractivity contribution in [2.24, 2.45) is 35.5 Å². The topological polar surface area (TPSA) is 20.2 Å². The maximum absolute atomic E-state index is 12.5. The van der Waals surface area contributed by atoms with Gasteiger partial charge in [0.25, 0.3) is 0 Å². The Balaban J connectivity index is 1.53. The van der Waals surface area contributed by atoms with E-state index in [1.54, 1.807) is 11.1 Å². The summed E-state index contributed by atoms with van der Waals surface area (Å²) in [5.41, 5.74) is 6.66. The summed E-state index contributed by atoms with van der Waals surface area (Å²) < 4.78 is 0. The van der Waals surface area contributed by atoms with Crippen LogP contribution in [-0.2, 0) is 21.7 Å². The second-order valence-electron chi connectivity index (χ2n) is 17.0. The smallest absolute Gasteiger partial charge is 0.123 e. The van der Waals surface area contributed by atoms with Crippen LogP contribution in [0.4, 0.5) is 0 Å². The van der Waals surface area contributed by atoms with E-state index < -0.39 is 0 Å². The Morgan fingerprint density at radius 1 is 0.543 bits per heavy atom. The van der Waals surface area contributed by atoms with E-state index in [9.17, 15) is 5.11 Å². The number of phenols is 1. The summed E-state index contributed by atoms with van der Waals surface area (Å²) in [7, 11) is 0. The second kappa shape index (κ2) is 7.11. The van der Waals surface area contributed by atoms with Gasteiger partial charge in [0, 0.05) is 11.0 Å². The number of hydrogen-bond acceptors (Lipinski definition) is 1. The molecule has 0 unspecified atom stereocenters. The summed E-state index contributed by atoms with van der Waals surface area (Å²) in [5, 5.41) is 12.5. The summed E-state index contributed by atoms with van der Waals surface area (Å²) in [5.74, 6) is 6.25.